The summed E-state index contributed by atoms with van der Waals surface area (Å²) in [5.41, 5.74) is 9.59. The highest BCUT2D eigenvalue weighted by Gasteiger charge is 2.06. The van der Waals surface area contributed by atoms with Gasteiger partial charge in [0, 0.05) is 0 Å². The third kappa shape index (κ3) is 4.84. The topological polar surface area (TPSA) is 47.3 Å². The number of ether oxygens (including phenoxy) is 1. The van der Waals surface area contributed by atoms with Crippen LogP contribution in [0.5, 0.6) is 5.75 Å². The molecule has 1 atom stereocenters. The SMILES string of the molecule is COc1ccc(CCNCCC(C)CN)c(C)c1C. The van der Waals surface area contributed by atoms with Crippen LogP contribution in [0.25, 0.3) is 0 Å². The Morgan fingerprint density at radius 1 is 1.21 bits per heavy atom. The molecule has 19 heavy (non-hydrogen) atoms. The van der Waals surface area contributed by atoms with Crippen molar-refractivity contribution in [2.45, 2.75) is 33.6 Å². The van der Waals surface area contributed by atoms with E-state index in [-0.39, 0.29) is 0 Å². The molecule has 0 aliphatic carbocycles. The molecule has 3 heteroatoms. The Hall–Kier alpha value is -1.06. The lowest BCUT2D eigenvalue weighted by Gasteiger charge is -2.13. The highest BCUT2D eigenvalue weighted by Crippen LogP contribution is 2.23. The van der Waals surface area contributed by atoms with E-state index < -0.39 is 0 Å². The molecule has 0 amide bonds. The predicted octanol–water partition coefficient (Wildman–Crippen LogP) is 2.43. The van der Waals surface area contributed by atoms with Crippen molar-refractivity contribution in [3.05, 3.63) is 28.8 Å². The van der Waals surface area contributed by atoms with E-state index in [0.717, 1.165) is 38.2 Å². The zero-order valence-corrected chi connectivity index (χ0v) is 12.8. The molecular formula is C16H28N2O. The van der Waals surface area contributed by atoms with Crippen LogP contribution < -0.4 is 15.8 Å². The molecule has 0 heterocycles. The molecule has 0 aliphatic rings. The van der Waals surface area contributed by atoms with E-state index in [1.54, 1.807) is 7.11 Å². The first kappa shape index (κ1) is 16.0. The van der Waals surface area contributed by atoms with Gasteiger partial charge in [-0.15, -0.1) is 0 Å². The van der Waals surface area contributed by atoms with Gasteiger partial charge >= 0.3 is 0 Å². The molecule has 0 saturated heterocycles. The van der Waals surface area contributed by atoms with Gasteiger partial charge in [-0.2, -0.15) is 0 Å². The summed E-state index contributed by atoms with van der Waals surface area (Å²) in [7, 11) is 1.72. The van der Waals surface area contributed by atoms with Crippen molar-refractivity contribution in [1.82, 2.24) is 5.32 Å². The molecule has 0 spiro atoms. The lowest BCUT2D eigenvalue weighted by molar-refractivity contribution is 0.411. The average molecular weight is 264 g/mol. The van der Waals surface area contributed by atoms with Gasteiger partial charge in [0.05, 0.1) is 7.11 Å². The van der Waals surface area contributed by atoms with Gasteiger partial charge in [-0.25, -0.2) is 0 Å². The van der Waals surface area contributed by atoms with Crippen LogP contribution in [0.15, 0.2) is 12.1 Å². The van der Waals surface area contributed by atoms with Crippen molar-refractivity contribution in [3.63, 3.8) is 0 Å². The Morgan fingerprint density at radius 3 is 2.58 bits per heavy atom. The number of hydrogen-bond acceptors (Lipinski definition) is 3. The maximum atomic E-state index is 5.60. The summed E-state index contributed by atoms with van der Waals surface area (Å²) >= 11 is 0. The van der Waals surface area contributed by atoms with Crippen LogP contribution in [0.4, 0.5) is 0 Å². The van der Waals surface area contributed by atoms with Crippen molar-refractivity contribution in [2.75, 3.05) is 26.7 Å². The quantitative estimate of drug-likeness (QED) is 0.709. The average Bonchev–Trinajstić information content (AvgIpc) is 2.42. The summed E-state index contributed by atoms with van der Waals surface area (Å²) in [6, 6.07) is 4.24. The number of methoxy groups -OCH3 is 1. The van der Waals surface area contributed by atoms with Crippen LogP contribution in [-0.2, 0) is 6.42 Å². The molecule has 0 saturated carbocycles. The monoisotopic (exact) mass is 264 g/mol. The Morgan fingerprint density at radius 2 is 1.95 bits per heavy atom. The first-order valence-electron chi connectivity index (χ1n) is 7.14. The molecular weight excluding hydrogens is 236 g/mol. The fraction of sp³-hybridized carbons (Fsp3) is 0.625. The minimum absolute atomic E-state index is 0.609. The molecule has 1 unspecified atom stereocenters. The first-order valence-corrected chi connectivity index (χ1v) is 7.14. The van der Waals surface area contributed by atoms with Gasteiger partial charge in [0.1, 0.15) is 5.75 Å². The lowest BCUT2D eigenvalue weighted by atomic mass is 10.00. The number of nitrogens with one attached hydrogen (secondary N) is 1. The van der Waals surface area contributed by atoms with Gasteiger partial charge in [0.2, 0.25) is 0 Å². The Bertz CT molecular complexity index is 391. The summed E-state index contributed by atoms with van der Waals surface area (Å²) < 4.78 is 5.34. The Kier molecular flexibility index (Phi) is 6.89. The van der Waals surface area contributed by atoms with Gasteiger partial charge in [0.25, 0.3) is 0 Å². The van der Waals surface area contributed by atoms with E-state index in [1.807, 2.05) is 0 Å². The number of benzene rings is 1. The summed E-state index contributed by atoms with van der Waals surface area (Å²) in [6.45, 7) is 9.32. The molecule has 1 aromatic carbocycles. The van der Waals surface area contributed by atoms with Crippen molar-refractivity contribution in [3.8, 4) is 5.75 Å². The number of hydrogen-bond donors (Lipinski definition) is 2. The maximum absolute atomic E-state index is 5.60. The van der Waals surface area contributed by atoms with Crippen LogP contribution in [0.1, 0.15) is 30.0 Å². The molecule has 0 aliphatic heterocycles. The predicted molar refractivity (Wildman–Crippen MR) is 81.9 cm³/mol. The molecule has 1 aromatic rings. The third-order valence-electron chi connectivity index (χ3n) is 3.86. The minimum Gasteiger partial charge on any atom is -0.496 e. The standard InChI is InChI=1S/C16H28N2O/c1-12(11-17)7-9-18-10-8-15-5-6-16(19-4)14(3)13(15)2/h5-6,12,18H,7-11,17H2,1-4H3. The fourth-order valence-electron chi connectivity index (χ4n) is 2.16. The van der Waals surface area contributed by atoms with E-state index in [1.165, 1.54) is 16.7 Å². The summed E-state index contributed by atoms with van der Waals surface area (Å²) in [5.74, 6) is 1.59. The van der Waals surface area contributed by atoms with Gasteiger partial charge < -0.3 is 15.8 Å². The molecule has 0 fully saturated rings. The minimum atomic E-state index is 0.609. The van der Waals surface area contributed by atoms with Crippen molar-refractivity contribution in [1.29, 1.82) is 0 Å². The van der Waals surface area contributed by atoms with Crippen LogP contribution in [0.2, 0.25) is 0 Å². The van der Waals surface area contributed by atoms with Crippen molar-refractivity contribution >= 4 is 0 Å². The normalized spacial score (nSPS) is 12.5. The molecule has 108 valence electrons. The molecule has 0 aromatic heterocycles. The van der Waals surface area contributed by atoms with E-state index in [9.17, 15) is 0 Å². The van der Waals surface area contributed by atoms with Crippen molar-refractivity contribution < 1.29 is 4.74 Å². The molecule has 0 radical (unpaired) electrons. The van der Waals surface area contributed by atoms with E-state index >= 15 is 0 Å². The first-order chi connectivity index (χ1) is 9.10. The summed E-state index contributed by atoms with van der Waals surface area (Å²) in [6.07, 6.45) is 2.21. The van der Waals surface area contributed by atoms with Crippen LogP contribution in [0, 0.1) is 19.8 Å². The zero-order valence-electron chi connectivity index (χ0n) is 12.8. The largest absolute Gasteiger partial charge is 0.496 e. The van der Waals surface area contributed by atoms with Gasteiger partial charge in [0.15, 0.2) is 0 Å². The fourth-order valence-corrected chi connectivity index (χ4v) is 2.16. The second kappa shape index (κ2) is 8.18. The van der Waals surface area contributed by atoms with Gasteiger partial charge in [-0.05, 0) is 75.0 Å². The highest BCUT2D eigenvalue weighted by atomic mass is 16.5. The van der Waals surface area contributed by atoms with Crippen molar-refractivity contribution in [2.24, 2.45) is 11.7 Å². The molecule has 3 N–H and O–H groups in total. The van der Waals surface area contributed by atoms with E-state index in [4.69, 9.17) is 10.5 Å². The maximum Gasteiger partial charge on any atom is 0.122 e. The highest BCUT2D eigenvalue weighted by molar-refractivity contribution is 5.43. The van der Waals surface area contributed by atoms with Crippen LogP contribution >= 0.6 is 0 Å². The second-order valence-corrected chi connectivity index (χ2v) is 5.31. The smallest absolute Gasteiger partial charge is 0.122 e. The molecule has 1 rings (SSSR count). The Balaban J connectivity index is 2.40. The van der Waals surface area contributed by atoms with Gasteiger partial charge in [-0.1, -0.05) is 13.0 Å². The summed E-state index contributed by atoms with van der Waals surface area (Å²) in [4.78, 5) is 0. The number of nitrogens with two attached hydrogens (primary N) is 1. The number of rotatable bonds is 8. The Labute approximate surface area is 117 Å². The van der Waals surface area contributed by atoms with E-state index in [0.29, 0.717) is 5.92 Å². The zero-order chi connectivity index (χ0) is 14.3. The second-order valence-electron chi connectivity index (χ2n) is 5.31. The molecule has 0 bridgehead atoms. The third-order valence-corrected chi connectivity index (χ3v) is 3.86. The van der Waals surface area contributed by atoms with Crippen LogP contribution in [-0.4, -0.2) is 26.7 Å². The van der Waals surface area contributed by atoms with E-state index in [2.05, 4.69) is 38.2 Å². The van der Waals surface area contributed by atoms with Crippen LogP contribution in [0.3, 0.4) is 0 Å². The summed E-state index contributed by atoms with van der Waals surface area (Å²) in [5, 5.41) is 3.49. The van der Waals surface area contributed by atoms with Gasteiger partial charge in [-0.3, -0.25) is 0 Å². The molecule has 3 nitrogen and oxygen atoms in total. The lowest BCUT2D eigenvalue weighted by Crippen LogP contribution is -2.22.